The van der Waals surface area contributed by atoms with Crippen LogP contribution in [0.1, 0.15) is 18.4 Å². The number of sulfonamides is 1. The van der Waals surface area contributed by atoms with Crippen molar-refractivity contribution in [1.82, 2.24) is 5.32 Å². The molecule has 0 fully saturated rings. The zero-order valence-corrected chi connectivity index (χ0v) is 10.6. The van der Waals surface area contributed by atoms with Gasteiger partial charge in [-0.1, -0.05) is 12.1 Å². The molecule has 0 aliphatic heterocycles. The number of nitrogens with two attached hydrogens (primary N) is 1. The largest absolute Gasteiger partial charge is 0.396 e. The molecule has 1 rings (SSSR count). The highest BCUT2D eigenvalue weighted by Crippen LogP contribution is 2.09. The first kappa shape index (κ1) is 14.6. The average Bonchev–Trinajstić information content (AvgIpc) is 2.33. The fraction of sp³-hybridized carbons (Fsp3) is 0.364. The lowest BCUT2D eigenvalue weighted by Gasteiger charge is -2.06. The molecule has 0 atom stereocenters. The van der Waals surface area contributed by atoms with Crippen LogP contribution in [-0.4, -0.2) is 26.0 Å². The molecule has 4 N–H and O–H groups in total. The predicted octanol–water partition coefficient (Wildman–Crippen LogP) is -0.277. The Balaban J connectivity index is 2.61. The molecule has 1 aromatic carbocycles. The van der Waals surface area contributed by atoms with Gasteiger partial charge in [0.15, 0.2) is 0 Å². The first-order valence-electron chi connectivity index (χ1n) is 5.43. The van der Waals surface area contributed by atoms with Gasteiger partial charge in [0.2, 0.25) is 15.9 Å². The highest BCUT2D eigenvalue weighted by molar-refractivity contribution is 7.89. The van der Waals surface area contributed by atoms with Gasteiger partial charge >= 0.3 is 0 Å². The van der Waals surface area contributed by atoms with Crippen LogP contribution < -0.4 is 10.5 Å². The minimum atomic E-state index is -3.72. The number of aliphatic hydroxyl groups is 1. The van der Waals surface area contributed by atoms with Crippen LogP contribution in [0.25, 0.3) is 0 Å². The standard InChI is InChI=1S/C11H16N2O4S/c12-18(16,17)10-4-1-3-9(7-10)8-13-11(15)5-2-6-14/h1,3-4,7,14H,2,5-6,8H2,(H,13,15)(H2,12,16,17). The molecular weight excluding hydrogens is 256 g/mol. The smallest absolute Gasteiger partial charge is 0.238 e. The summed E-state index contributed by atoms with van der Waals surface area (Å²) in [7, 11) is -3.72. The van der Waals surface area contributed by atoms with Crippen molar-refractivity contribution >= 4 is 15.9 Å². The van der Waals surface area contributed by atoms with E-state index in [-0.39, 0.29) is 30.4 Å². The molecule has 7 heteroatoms. The van der Waals surface area contributed by atoms with E-state index in [0.29, 0.717) is 12.0 Å². The quantitative estimate of drug-likeness (QED) is 0.661. The molecule has 0 spiro atoms. The molecule has 100 valence electrons. The fourth-order valence-corrected chi connectivity index (χ4v) is 1.94. The number of hydrogen-bond donors (Lipinski definition) is 3. The lowest BCUT2D eigenvalue weighted by atomic mass is 10.2. The third-order valence-corrected chi connectivity index (χ3v) is 3.19. The van der Waals surface area contributed by atoms with Gasteiger partial charge in [0, 0.05) is 19.6 Å². The number of carbonyl (C=O) groups excluding carboxylic acids is 1. The minimum Gasteiger partial charge on any atom is -0.396 e. The van der Waals surface area contributed by atoms with Gasteiger partial charge in [-0.25, -0.2) is 13.6 Å². The number of nitrogens with one attached hydrogen (secondary N) is 1. The summed E-state index contributed by atoms with van der Waals surface area (Å²) in [5.74, 6) is -0.190. The highest BCUT2D eigenvalue weighted by Gasteiger charge is 2.08. The maximum atomic E-state index is 11.3. The summed E-state index contributed by atoms with van der Waals surface area (Å²) in [6.07, 6.45) is 0.647. The van der Waals surface area contributed by atoms with Crippen molar-refractivity contribution in [3.05, 3.63) is 29.8 Å². The Morgan fingerprint density at radius 1 is 1.39 bits per heavy atom. The lowest BCUT2D eigenvalue weighted by molar-refractivity contribution is -0.121. The number of carbonyl (C=O) groups is 1. The van der Waals surface area contributed by atoms with Crippen LogP contribution in [0.4, 0.5) is 0 Å². The van der Waals surface area contributed by atoms with Crippen LogP contribution in [-0.2, 0) is 21.4 Å². The second-order valence-electron chi connectivity index (χ2n) is 3.80. The molecule has 0 aliphatic rings. The topological polar surface area (TPSA) is 109 Å². The summed E-state index contributed by atoms with van der Waals surface area (Å²) in [5, 5.41) is 16.2. The van der Waals surface area contributed by atoms with Crippen LogP contribution in [0.2, 0.25) is 0 Å². The van der Waals surface area contributed by atoms with Crippen molar-refractivity contribution in [3.63, 3.8) is 0 Å². The van der Waals surface area contributed by atoms with Crippen LogP contribution in [0.5, 0.6) is 0 Å². The van der Waals surface area contributed by atoms with Crippen molar-refractivity contribution in [1.29, 1.82) is 0 Å². The SMILES string of the molecule is NS(=O)(=O)c1cccc(CNC(=O)CCCO)c1. The monoisotopic (exact) mass is 272 g/mol. The second kappa shape index (κ2) is 6.48. The number of benzene rings is 1. The third-order valence-electron chi connectivity index (χ3n) is 2.28. The zero-order valence-electron chi connectivity index (χ0n) is 9.80. The van der Waals surface area contributed by atoms with Gasteiger partial charge in [0.1, 0.15) is 0 Å². The number of rotatable bonds is 6. The van der Waals surface area contributed by atoms with Gasteiger partial charge in [-0.2, -0.15) is 0 Å². The van der Waals surface area contributed by atoms with E-state index in [9.17, 15) is 13.2 Å². The van der Waals surface area contributed by atoms with Gasteiger partial charge in [0.25, 0.3) is 0 Å². The Hall–Kier alpha value is -1.44. The van der Waals surface area contributed by atoms with E-state index < -0.39 is 10.0 Å². The Bertz CT molecular complexity index is 514. The van der Waals surface area contributed by atoms with Gasteiger partial charge in [0.05, 0.1) is 4.90 Å². The van der Waals surface area contributed by atoms with E-state index in [0.717, 1.165) is 0 Å². The highest BCUT2D eigenvalue weighted by atomic mass is 32.2. The molecule has 0 heterocycles. The van der Waals surface area contributed by atoms with Crippen LogP contribution in [0.3, 0.4) is 0 Å². The lowest BCUT2D eigenvalue weighted by Crippen LogP contribution is -2.23. The molecule has 0 aliphatic carbocycles. The number of primary sulfonamides is 1. The molecule has 0 saturated carbocycles. The summed E-state index contributed by atoms with van der Waals surface area (Å²) in [5.41, 5.74) is 0.652. The van der Waals surface area contributed by atoms with Crippen molar-refractivity contribution in [2.45, 2.75) is 24.3 Å². The van der Waals surface area contributed by atoms with Gasteiger partial charge in [-0.05, 0) is 24.1 Å². The van der Waals surface area contributed by atoms with Crippen LogP contribution >= 0.6 is 0 Å². The predicted molar refractivity (Wildman–Crippen MR) is 66.0 cm³/mol. The maximum Gasteiger partial charge on any atom is 0.238 e. The number of amides is 1. The van der Waals surface area contributed by atoms with Crippen molar-refractivity contribution in [2.75, 3.05) is 6.61 Å². The number of aliphatic hydroxyl groups excluding tert-OH is 1. The Morgan fingerprint density at radius 2 is 2.11 bits per heavy atom. The summed E-state index contributed by atoms with van der Waals surface area (Å²) in [6, 6.07) is 6.07. The maximum absolute atomic E-state index is 11.3. The first-order valence-corrected chi connectivity index (χ1v) is 6.97. The number of hydrogen-bond acceptors (Lipinski definition) is 4. The van der Waals surface area contributed by atoms with Gasteiger partial charge in [-0.15, -0.1) is 0 Å². The van der Waals surface area contributed by atoms with E-state index in [1.54, 1.807) is 12.1 Å². The second-order valence-corrected chi connectivity index (χ2v) is 5.36. The normalized spacial score (nSPS) is 11.2. The van der Waals surface area contributed by atoms with E-state index in [2.05, 4.69) is 5.32 Å². The van der Waals surface area contributed by atoms with Crippen molar-refractivity contribution in [3.8, 4) is 0 Å². The van der Waals surface area contributed by atoms with E-state index in [4.69, 9.17) is 10.2 Å². The Kier molecular flexibility index (Phi) is 5.26. The van der Waals surface area contributed by atoms with Crippen LogP contribution in [0.15, 0.2) is 29.2 Å². The molecule has 6 nitrogen and oxygen atoms in total. The zero-order chi connectivity index (χ0) is 13.6. The molecule has 0 unspecified atom stereocenters. The van der Waals surface area contributed by atoms with E-state index in [1.807, 2.05) is 0 Å². The Labute approximate surface area is 106 Å². The average molecular weight is 272 g/mol. The molecule has 0 aromatic heterocycles. The summed E-state index contributed by atoms with van der Waals surface area (Å²) in [6.45, 7) is 0.196. The van der Waals surface area contributed by atoms with Gasteiger partial charge < -0.3 is 10.4 Å². The van der Waals surface area contributed by atoms with E-state index in [1.165, 1.54) is 12.1 Å². The van der Waals surface area contributed by atoms with E-state index >= 15 is 0 Å². The van der Waals surface area contributed by atoms with Crippen molar-refractivity contribution < 1.29 is 18.3 Å². The molecule has 1 amide bonds. The molecule has 0 bridgehead atoms. The van der Waals surface area contributed by atoms with Crippen LogP contribution in [0, 0.1) is 0 Å². The molecule has 18 heavy (non-hydrogen) atoms. The first-order chi connectivity index (χ1) is 8.43. The van der Waals surface area contributed by atoms with Gasteiger partial charge in [-0.3, -0.25) is 4.79 Å². The minimum absolute atomic E-state index is 0.0182. The summed E-state index contributed by atoms with van der Waals surface area (Å²) < 4.78 is 22.3. The third kappa shape index (κ3) is 4.82. The molecule has 0 saturated heterocycles. The van der Waals surface area contributed by atoms with Crippen molar-refractivity contribution in [2.24, 2.45) is 5.14 Å². The molecular formula is C11H16N2O4S. The fourth-order valence-electron chi connectivity index (χ4n) is 1.36. The molecule has 1 aromatic rings. The summed E-state index contributed by atoms with van der Waals surface area (Å²) in [4.78, 5) is 11.3. The summed E-state index contributed by atoms with van der Waals surface area (Å²) >= 11 is 0. The molecule has 0 radical (unpaired) electrons. The Morgan fingerprint density at radius 3 is 2.72 bits per heavy atom.